The third kappa shape index (κ3) is 3.68. The van der Waals surface area contributed by atoms with Gasteiger partial charge in [0.15, 0.2) is 0 Å². The van der Waals surface area contributed by atoms with Crippen LogP contribution in [0.15, 0.2) is 27.9 Å². The Morgan fingerprint density at radius 2 is 1.87 bits per heavy atom. The van der Waals surface area contributed by atoms with Crippen molar-refractivity contribution in [3.05, 3.63) is 61.7 Å². The molecule has 30 heavy (non-hydrogen) atoms. The zero-order valence-corrected chi connectivity index (χ0v) is 17.2. The van der Waals surface area contributed by atoms with Crippen molar-refractivity contribution < 1.29 is 9.90 Å². The van der Waals surface area contributed by atoms with Crippen LogP contribution in [0.4, 0.5) is 0 Å². The van der Waals surface area contributed by atoms with Crippen LogP contribution in [0.5, 0.6) is 0 Å². The summed E-state index contributed by atoms with van der Waals surface area (Å²) in [6, 6.07) is 3.49. The first-order valence-corrected chi connectivity index (χ1v) is 9.96. The van der Waals surface area contributed by atoms with Crippen molar-refractivity contribution in [1.82, 2.24) is 24.4 Å². The Labute approximate surface area is 172 Å². The second-order valence-electron chi connectivity index (χ2n) is 8.05. The number of β-amino-alcohol motifs (C(OH)–C–C–N with tert-alkyl or cyclic N) is 1. The fourth-order valence-electron chi connectivity index (χ4n) is 3.90. The summed E-state index contributed by atoms with van der Waals surface area (Å²) in [5.74, 6) is 0.630. The highest BCUT2D eigenvalue weighted by Gasteiger charge is 2.35. The second kappa shape index (κ2) is 7.56. The van der Waals surface area contributed by atoms with Gasteiger partial charge in [0.2, 0.25) is 5.91 Å². The minimum absolute atomic E-state index is 0.112. The SMILES string of the molecule is Cc1cc2nc(CCC(=O)N3C[C@@H](O)[C@H](n4cc(C)c(=O)[nH]c4=O)C3)[nH]c2cc1C. The summed E-state index contributed by atoms with van der Waals surface area (Å²) >= 11 is 0. The molecule has 0 spiro atoms. The monoisotopic (exact) mass is 411 g/mol. The molecular weight excluding hydrogens is 386 g/mol. The molecule has 3 N–H and O–H groups in total. The zero-order chi connectivity index (χ0) is 21.6. The molecule has 0 aliphatic carbocycles. The average Bonchev–Trinajstić information content (AvgIpc) is 3.26. The topological polar surface area (TPSA) is 124 Å². The van der Waals surface area contributed by atoms with Crippen molar-refractivity contribution in [1.29, 1.82) is 0 Å². The molecule has 0 saturated carbocycles. The molecule has 1 amide bonds. The number of benzene rings is 1. The van der Waals surface area contributed by atoms with Gasteiger partial charge in [0.25, 0.3) is 5.56 Å². The normalized spacial score (nSPS) is 19.0. The molecule has 9 heteroatoms. The number of aliphatic hydroxyl groups excluding tert-OH is 1. The van der Waals surface area contributed by atoms with Crippen molar-refractivity contribution in [2.75, 3.05) is 13.1 Å². The van der Waals surface area contributed by atoms with E-state index in [0.717, 1.165) is 16.9 Å². The Hall–Kier alpha value is -3.20. The van der Waals surface area contributed by atoms with Crippen molar-refractivity contribution in [3.8, 4) is 0 Å². The third-order valence-corrected chi connectivity index (χ3v) is 5.84. The molecule has 3 heterocycles. The van der Waals surface area contributed by atoms with Crippen molar-refractivity contribution in [2.45, 2.75) is 45.8 Å². The molecule has 0 bridgehead atoms. The smallest absolute Gasteiger partial charge is 0.328 e. The molecule has 0 unspecified atom stereocenters. The number of fused-ring (bicyclic) bond motifs is 1. The predicted octanol–water partition coefficient (Wildman–Crippen LogP) is 0.715. The standard InChI is InChI=1S/C21H25N5O4/c1-11-6-14-15(7-12(11)2)23-18(22-14)4-5-19(28)25-9-16(17(27)10-25)26-8-13(3)20(29)24-21(26)30/h6-8,16-17,27H,4-5,9-10H2,1-3H3,(H,22,23)(H,24,29,30)/t16-,17-/m1/s1. The lowest BCUT2D eigenvalue weighted by Gasteiger charge is -2.17. The molecular formula is C21H25N5O4. The number of amides is 1. The number of hydrogen-bond donors (Lipinski definition) is 3. The largest absolute Gasteiger partial charge is 0.389 e. The quantitative estimate of drug-likeness (QED) is 0.583. The molecule has 1 fully saturated rings. The summed E-state index contributed by atoms with van der Waals surface area (Å²) in [7, 11) is 0. The average molecular weight is 411 g/mol. The summed E-state index contributed by atoms with van der Waals surface area (Å²) < 4.78 is 1.30. The minimum Gasteiger partial charge on any atom is -0.389 e. The molecule has 1 aromatic carbocycles. The molecule has 3 aromatic rings. The van der Waals surface area contributed by atoms with Gasteiger partial charge >= 0.3 is 5.69 Å². The van der Waals surface area contributed by atoms with E-state index >= 15 is 0 Å². The molecule has 0 radical (unpaired) electrons. The number of likely N-dealkylation sites (tertiary alicyclic amines) is 1. The number of aromatic amines is 2. The number of aryl methyl sites for hydroxylation is 4. The van der Waals surface area contributed by atoms with Crippen LogP contribution in [0, 0.1) is 20.8 Å². The Kier molecular flexibility index (Phi) is 5.07. The summed E-state index contributed by atoms with van der Waals surface area (Å²) in [5, 5.41) is 10.4. The van der Waals surface area contributed by atoms with E-state index in [1.807, 2.05) is 26.0 Å². The highest BCUT2D eigenvalue weighted by atomic mass is 16.3. The van der Waals surface area contributed by atoms with Gasteiger partial charge in [-0.1, -0.05) is 0 Å². The van der Waals surface area contributed by atoms with Crippen LogP contribution in [-0.2, 0) is 11.2 Å². The number of carbonyl (C=O) groups excluding carboxylic acids is 1. The highest BCUT2D eigenvalue weighted by Crippen LogP contribution is 2.22. The summed E-state index contributed by atoms with van der Waals surface area (Å²) in [4.78, 5) is 48.0. The van der Waals surface area contributed by atoms with E-state index < -0.39 is 23.4 Å². The van der Waals surface area contributed by atoms with Crippen LogP contribution < -0.4 is 11.2 Å². The first-order chi connectivity index (χ1) is 14.2. The van der Waals surface area contributed by atoms with Gasteiger partial charge in [-0.05, 0) is 44.0 Å². The van der Waals surface area contributed by atoms with E-state index in [-0.39, 0.29) is 25.4 Å². The molecule has 2 aromatic heterocycles. The maximum Gasteiger partial charge on any atom is 0.328 e. The fraction of sp³-hybridized carbons (Fsp3) is 0.429. The van der Waals surface area contributed by atoms with Gasteiger partial charge < -0.3 is 15.0 Å². The van der Waals surface area contributed by atoms with E-state index in [0.29, 0.717) is 12.0 Å². The van der Waals surface area contributed by atoms with Gasteiger partial charge in [0.05, 0.1) is 23.2 Å². The van der Waals surface area contributed by atoms with Crippen molar-refractivity contribution in [2.24, 2.45) is 0 Å². The number of aliphatic hydroxyl groups is 1. The lowest BCUT2D eigenvalue weighted by Crippen LogP contribution is -2.37. The number of hydrogen-bond acceptors (Lipinski definition) is 5. The number of imidazole rings is 1. The molecule has 1 saturated heterocycles. The maximum absolute atomic E-state index is 12.7. The molecule has 1 aliphatic rings. The van der Waals surface area contributed by atoms with Crippen LogP contribution in [-0.4, -0.2) is 54.6 Å². The number of aromatic nitrogens is 4. The lowest BCUT2D eigenvalue weighted by molar-refractivity contribution is -0.130. The van der Waals surface area contributed by atoms with Crippen LogP contribution in [0.2, 0.25) is 0 Å². The number of carbonyl (C=O) groups is 1. The molecule has 2 atom stereocenters. The molecule has 9 nitrogen and oxygen atoms in total. The summed E-state index contributed by atoms with van der Waals surface area (Å²) in [5.41, 5.74) is 3.52. The lowest BCUT2D eigenvalue weighted by atomic mass is 10.1. The minimum atomic E-state index is -0.880. The Morgan fingerprint density at radius 3 is 2.63 bits per heavy atom. The van der Waals surface area contributed by atoms with E-state index in [4.69, 9.17) is 0 Å². The van der Waals surface area contributed by atoms with Crippen LogP contribution in [0.25, 0.3) is 11.0 Å². The fourth-order valence-corrected chi connectivity index (χ4v) is 3.90. The highest BCUT2D eigenvalue weighted by molar-refractivity contribution is 5.78. The van der Waals surface area contributed by atoms with Gasteiger partial charge in [-0.25, -0.2) is 9.78 Å². The Balaban J connectivity index is 1.44. The summed E-state index contributed by atoms with van der Waals surface area (Å²) in [6.45, 7) is 6.03. The molecule has 158 valence electrons. The maximum atomic E-state index is 12.7. The van der Waals surface area contributed by atoms with Gasteiger partial charge in [-0.15, -0.1) is 0 Å². The second-order valence-corrected chi connectivity index (χ2v) is 8.05. The predicted molar refractivity (Wildman–Crippen MR) is 112 cm³/mol. The van der Waals surface area contributed by atoms with Gasteiger partial charge in [-0.3, -0.25) is 19.1 Å². The number of H-pyrrole nitrogens is 2. The first-order valence-electron chi connectivity index (χ1n) is 9.96. The van der Waals surface area contributed by atoms with Gasteiger partial charge in [-0.2, -0.15) is 0 Å². The molecule has 1 aliphatic heterocycles. The molecule has 4 rings (SSSR count). The third-order valence-electron chi connectivity index (χ3n) is 5.84. The van der Waals surface area contributed by atoms with Crippen molar-refractivity contribution in [3.63, 3.8) is 0 Å². The van der Waals surface area contributed by atoms with E-state index in [1.165, 1.54) is 21.9 Å². The Bertz CT molecular complexity index is 1200. The van der Waals surface area contributed by atoms with Gasteiger partial charge in [0.1, 0.15) is 5.82 Å². The van der Waals surface area contributed by atoms with Crippen LogP contribution in [0.3, 0.4) is 0 Å². The van der Waals surface area contributed by atoms with Gasteiger partial charge in [0, 0.05) is 37.7 Å². The summed E-state index contributed by atoms with van der Waals surface area (Å²) in [6.07, 6.45) is 1.26. The number of nitrogens with zero attached hydrogens (tertiary/aromatic N) is 3. The van der Waals surface area contributed by atoms with Crippen LogP contribution >= 0.6 is 0 Å². The Morgan fingerprint density at radius 1 is 1.13 bits per heavy atom. The number of nitrogens with one attached hydrogen (secondary N) is 2. The van der Waals surface area contributed by atoms with Crippen molar-refractivity contribution >= 4 is 16.9 Å². The zero-order valence-electron chi connectivity index (χ0n) is 17.2. The van der Waals surface area contributed by atoms with Crippen LogP contribution in [0.1, 0.15) is 35.0 Å². The van der Waals surface area contributed by atoms with E-state index in [1.54, 1.807) is 11.8 Å². The number of rotatable bonds is 4. The van der Waals surface area contributed by atoms with E-state index in [9.17, 15) is 19.5 Å². The first kappa shape index (κ1) is 20.1. The van der Waals surface area contributed by atoms with E-state index in [2.05, 4.69) is 15.0 Å².